The Hall–Kier alpha value is -1.29. The fraction of sp³-hybridized carbons (Fsp3) is 0.182. The van der Waals surface area contributed by atoms with Gasteiger partial charge >= 0.3 is 0 Å². The van der Waals surface area contributed by atoms with Gasteiger partial charge < -0.3 is 9.15 Å². The highest BCUT2D eigenvalue weighted by Crippen LogP contribution is 2.26. The summed E-state index contributed by atoms with van der Waals surface area (Å²) in [4.78, 5) is 4.11. The molecule has 2 rings (SSSR count). The maximum atomic E-state index is 5.33. The highest BCUT2D eigenvalue weighted by molar-refractivity contribution is 9.08. The Kier molecular flexibility index (Phi) is 3.06. The van der Waals surface area contributed by atoms with Crippen LogP contribution in [0.15, 0.2) is 35.1 Å². The van der Waals surface area contributed by atoms with Gasteiger partial charge in [0.2, 0.25) is 0 Å². The third kappa shape index (κ3) is 2.04. The summed E-state index contributed by atoms with van der Waals surface area (Å²) in [5.41, 5.74) is 1.91. The van der Waals surface area contributed by atoms with Gasteiger partial charge in [-0.3, -0.25) is 0 Å². The van der Waals surface area contributed by atoms with Gasteiger partial charge in [0.15, 0.2) is 12.2 Å². The largest absolute Gasteiger partial charge is 0.497 e. The van der Waals surface area contributed by atoms with Crippen molar-refractivity contribution in [1.29, 1.82) is 0 Å². The summed E-state index contributed by atoms with van der Waals surface area (Å²) in [6, 6.07) is 7.70. The first-order valence-corrected chi connectivity index (χ1v) is 5.60. The van der Waals surface area contributed by atoms with Crippen LogP contribution in [0, 0.1) is 0 Å². The van der Waals surface area contributed by atoms with Crippen molar-refractivity contribution in [2.45, 2.75) is 5.33 Å². The summed E-state index contributed by atoms with van der Waals surface area (Å²) >= 11 is 3.37. The third-order valence-corrected chi connectivity index (χ3v) is 2.65. The molecule has 15 heavy (non-hydrogen) atoms. The van der Waals surface area contributed by atoms with Gasteiger partial charge in [0.1, 0.15) is 5.75 Å². The minimum atomic E-state index is 0.685. The van der Waals surface area contributed by atoms with Gasteiger partial charge in [0.25, 0.3) is 0 Å². The summed E-state index contributed by atoms with van der Waals surface area (Å²) in [7, 11) is 1.65. The van der Waals surface area contributed by atoms with E-state index in [4.69, 9.17) is 9.15 Å². The quantitative estimate of drug-likeness (QED) is 0.801. The second-order valence-electron chi connectivity index (χ2n) is 2.99. The lowest BCUT2D eigenvalue weighted by atomic mass is 10.1. The number of rotatable bonds is 3. The molecule has 0 spiro atoms. The first-order chi connectivity index (χ1) is 7.35. The fourth-order valence-electron chi connectivity index (χ4n) is 1.34. The van der Waals surface area contributed by atoms with E-state index in [-0.39, 0.29) is 0 Å². The van der Waals surface area contributed by atoms with Crippen molar-refractivity contribution >= 4 is 15.9 Å². The van der Waals surface area contributed by atoms with Crippen molar-refractivity contribution in [1.82, 2.24) is 4.98 Å². The van der Waals surface area contributed by atoms with Crippen LogP contribution in [0.25, 0.3) is 11.3 Å². The molecule has 2 aromatic rings. The summed E-state index contributed by atoms with van der Waals surface area (Å²) < 4.78 is 10.4. The number of ether oxygens (including phenoxy) is 1. The molecule has 0 fully saturated rings. The van der Waals surface area contributed by atoms with Crippen molar-refractivity contribution < 1.29 is 9.15 Å². The van der Waals surface area contributed by atoms with Gasteiger partial charge in [-0.2, -0.15) is 0 Å². The lowest BCUT2D eigenvalue weighted by molar-refractivity contribution is 0.415. The van der Waals surface area contributed by atoms with Crippen molar-refractivity contribution in [2.24, 2.45) is 0 Å². The van der Waals surface area contributed by atoms with Crippen LogP contribution in [0.5, 0.6) is 5.75 Å². The molecule has 0 saturated heterocycles. The van der Waals surface area contributed by atoms with E-state index in [9.17, 15) is 0 Å². The number of oxazole rings is 1. The smallest absolute Gasteiger partial charge is 0.181 e. The van der Waals surface area contributed by atoms with Gasteiger partial charge in [-0.25, -0.2) is 4.98 Å². The number of hydrogen-bond acceptors (Lipinski definition) is 3. The van der Waals surface area contributed by atoms with Crippen LogP contribution in [0.2, 0.25) is 0 Å². The van der Waals surface area contributed by atoms with Crippen molar-refractivity contribution in [3.05, 3.63) is 36.4 Å². The first kappa shape index (κ1) is 10.2. The lowest BCUT2D eigenvalue weighted by Crippen LogP contribution is -1.84. The maximum absolute atomic E-state index is 5.33. The molecule has 0 aliphatic rings. The Bertz CT molecular complexity index is 436. The molecule has 1 heterocycles. The van der Waals surface area contributed by atoms with Crippen LogP contribution < -0.4 is 4.74 Å². The minimum Gasteiger partial charge on any atom is -0.497 e. The van der Waals surface area contributed by atoms with Gasteiger partial charge in [-0.05, 0) is 24.3 Å². The number of halogens is 1. The summed E-state index contributed by atoms with van der Waals surface area (Å²) in [6.45, 7) is 0. The van der Waals surface area contributed by atoms with Crippen LogP contribution in [-0.4, -0.2) is 12.1 Å². The molecule has 0 bridgehead atoms. The highest BCUT2D eigenvalue weighted by atomic mass is 79.9. The molecule has 0 aliphatic heterocycles. The van der Waals surface area contributed by atoms with Gasteiger partial charge in [-0.1, -0.05) is 15.9 Å². The number of benzene rings is 1. The van der Waals surface area contributed by atoms with E-state index in [0.717, 1.165) is 22.8 Å². The zero-order chi connectivity index (χ0) is 10.7. The molecule has 0 unspecified atom stereocenters. The monoisotopic (exact) mass is 267 g/mol. The predicted molar refractivity (Wildman–Crippen MR) is 61.1 cm³/mol. The zero-order valence-corrected chi connectivity index (χ0v) is 9.82. The molecule has 0 aliphatic carbocycles. The Balaban J connectivity index is 2.37. The van der Waals surface area contributed by atoms with E-state index in [1.54, 1.807) is 7.11 Å². The SMILES string of the molecule is COc1ccc(-c2ocnc2CBr)cc1. The molecule has 1 aromatic heterocycles. The summed E-state index contributed by atoms with van der Waals surface area (Å²) in [6.07, 6.45) is 1.45. The summed E-state index contributed by atoms with van der Waals surface area (Å²) in [5, 5.41) is 0.685. The highest BCUT2D eigenvalue weighted by Gasteiger charge is 2.09. The molecule has 78 valence electrons. The number of methoxy groups -OCH3 is 1. The standard InChI is InChI=1S/C11H10BrNO2/c1-14-9-4-2-8(3-5-9)11-10(6-12)13-7-15-11/h2-5,7H,6H2,1H3. The van der Waals surface area contributed by atoms with E-state index >= 15 is 0 Å². The fourth-order valence-corrected chi connectivity index (χ4v) is 1.74. The number of aromatic nitrogens is 1. The molecule has 1 aromatic carbocycles. The Morgan fingerprint density at radius 2 is 2.07 bits per heavy atom. The Labute approximate surface area is 96.2 Å². The lowest BCUT2D eigenvalue weighted by Gasteiger charge is -2.01. The normalized spacial score (nSPS) is 10.3. The number of hydrogen-bond donors (Lipinski definition) is 0. The molecular weight excluding hydrogens is 258 g/mol. The molecule has 0 atom stereocenters. The maximum Gasteiger partial charge on any atom is 0.181 e. The number of nitrogens with zero attached hydrogens (tertiary/aromatic N) is 1. The van der Waals surface area contributed by atoms with Crippen molar-refractivity contribution in [3.63, 3.8) is 0 Å². The average molecular weight is 268 g/mol. The Morgan fingerprint density at radius 1 is 1.33 bits per heavy atom. The topological polar surface area (TPSA) is 35.3 Å². The van der Waals surface area contributed by atoms with Crippen molar-refractivity contribution in [3.8, 4) is 17.1 Å². The van der Waals surface area contributed by atoms with E-state index < -0.39 is 0 Å². The second kappa shape index (κ2) is 4.49. The molecule has 0 saturated carbocycles. The molecule has 0 amide bonds. The van der Waals surface area contributed by atoms with Gasteiger partial charge in [0, 0.05) is 10.9 Å². The molecule has 0 radical (unpaired) electrons. The molecule has 3 nitrogen and oxygen atoms in total. The van der Waals surface area contributed by atoms with E-state index in [1.165, 1.54) is 6.39 Å². The van der Waals surface area contributed by atoms with E-state index in [0.29, 0.717) is 5.33 Å². The predicted octanol–water partition coefficient (Wildman–Crippen LogP) is 3.25. The molecule has 4 heteroatoms. The minimum absolute atomic E-state index is 0.685. The van der Waals surface area contributed by atoms with Crippen LogP contribution in [0.4, 0.5) is 0 Å². The van der Waals surface area contributed by atoms with Gasteiger partial charge in [-0.15, -0.1) is 0 Å². The van der Waals surface area contributed by atoms with Crippen LogP contribution >= 0.6 is 15.9 Å². The summed E-state index contributed by atoms with van der Waals surface area (Å²) in [5.74, 6) is 1.63. The second-order valence-corrected chi connectivity index (χ2v) is 3.55. The average Bonchev–Trinajstić information content (AvgIpc) is 2.77. The first-order valence-electron chi connectivity index (χ1n) is 4.48. The van der Waals surface area contributed by atoms with Crippen molar-refractivity contribution in [2.75, 3.05) is 7.11 Å². The zero-order valence-electron chi connectivity index (χ0n) is 8.24. The Morgan fingerprint density at radius 3 is 2.67 bits per heavy atom. The van der Waals surface area contributed by atoms with Gasteiger partial charge in [0.05, 0.1) is 12.8 Å². The molecule has 0 N–H and O–H groups in total. The van der Waals surface area contributed by atoms with Crippen LogP contribution in [0.1, 0.15) is 5.69 Å². The third-order valence-electron chi connectivity index (χ3n) is 2.12. The van der Waals surface area contributed by atoms with E-state index in [2.05, 4.69) is 20.9 Å². The van der Waals surface area contributed by atoms with Crippen LogP contribution in [-0.2, 0) is 5.33 Å². The van der Waals surface area contributed by atoms with E-state index in [1.807, 2.05) is 24.3 Å². The molecular formula is C11H10BrNO2. The van der Waals surface area contributed by atoms with Crippen LogP contribution in [0.3, 0.4) is 0 Å². The number of alkyl halides is 1.